The highest BCUT2D eigenvalue weighted by molar-refractivity contribution is 6.31. The second-order valence-electron chi connectivity index (χ2n) is 5.74. The number of hydrogen-bond donors (Lipinski definition) is 3. The van der Waals surface area contributed by atoms with Gasteiger partial charge in [-0.3, -0.25) is 9.59 Å². The van der Waals surface area contributed by atoms with E-state index in [1.807, 2.05) is 0 Å². The number of ether oxygens (including phenoxy) is 1. The highest BCUT2D eigenvalue weighted by atomic mass is 35.5. The Bertz CT molecular complexity index is 1180. The number of pyridine rings is 1. The predicted octanol–water partition coefficient (Wildman–Crippen LogP) is 3.60. The first-order valence-electron chi connectivity index (χ1n) is 7.91. The number of carbonyl (C=O) groups is 1. The summed E-state index contributed by atoms with van der Waals surface area (Å²) in [5, 5.41) is 6.96. The zero-order valence-corrected chi connectivity index (χ0v) is 15.3. The summed E-state index contributed by atoms with van der Waals surface area (Å²) in [6, 6.07) is 4.56. The van der Waals surface area contributed by atoms with Crippen molar-refractivity contribution in [1.82, 2.24) is 15.2 Å². The summed E-state index contributed by atoms with van der Waals surface area (Å²) in [6.45, 7) is 0. The van der Waals surface area contributed by atoms with E-state index in [2.05, 4.69) is 20.5 Å². The zero-order chi connectivity index (χ0) is 22.1. The van der Waals surface area contributed by atoms with Crippen molar-refractivity contribution in [3.05, 3.63) is 69.0 Å². The standard InChI is InChI=1S/C17H10ClF4N5O3/c18-10-5-9(15(29)25-8-4-13(28)27-24-6-8)16(26-14(10)17(20,21)22)30-12-2-1-7(19)3-11(12)23/h1-6H,23H2,(H2,25,27,28,29). The van der Waals surface area contributed by atoms with Gasteiger partial charge in [-0.05, 0) is 18.2 Å². The molecule has 2 heterocycles. The van der Waals surface area contributed by atoms with Crippen LogP contribution in [0.2, 0.25) is 5.02 Å². The molecule has 8 nitrogen and oxygen atoms in total. The molecule has 1 aromatic carbocycles. The van der Waals surface area contributed by atoms with Gasteiger partial charge >= 0.3 is 6.18 Å². The molecule has 0 aliphatic rings. The van der Waals surface area contributed by atoms with Gasteiger partial charge in [-0.2, -0.15) is 18.3 Å². The maximum atomic E-state index is 13.2. The highest BCUT2D eigenvalue weighted by Gasteiger charge is 2.37. The lowest BCUT2D eigenvalue weighted by atomic mass is 10.2. The number of H-pyrrole nitrogens is 1. The third-order valence-corrected chi connectivity index (χ3v) is 3.84. The molecule has 13 heteroatoms. The molecule has 30 heavy (non-hydrogen) atoms. The Balaban J connectivity index is 2.07. The minimum atomic E-state index is -4.95. The van der Waals surface area contributed by atoms with Gasteiger partial charge < -0.3 is 15.8 Å². The lowest BCUT2D eigenvalue weighted by molar-refractivity contribution is -0.141. The van der Waals surface area contributed by atoms with Gasteiger partial charge in [0.25, 0.3) is 11.5 Å². The van der Waals surface area contributed by atoms with Crippen LogP contribution in [-0.4, -0.2) is 21.1 Å². The molecule has 0 atom stereocenters. The topological polar surface area (TPSA) is 123 Å². The molecular formula is C17H10ClF4N5O3. The van der Waals surface area contributed by atoms with E-state index in [1.54, 1.807) is 0 Å². The van der Waals surface area contributed by atoms with Crippen LogP contribution in [0.1, 0.15) is 16.1 Å². The molecule has 0 bridgehead atoms. The molecule has 0 unspecified atom stereocenters. The fourth-order valence-corrected chi connectivity index (χ4v) is 2.53. The molecule has 0 fully saturated rings. The summed E-state index contributed by atoms with van der Waals surface area (Å²) in [5.41, 5.74) is 2.67. The number of anilines is 2. The molecular weight excluding hydrogens is 434 g/mol. The Morgan fingerprint density at radius 3 is 2.60 bits per heavy atom. The fraction of sp³-hybridized carbons (Fsp3) is 0.0588. The maximum Gasteiger partial charge on any atom is 0.434 e. The van der Waals surface area contributed by atoms with Crippen LogP contribution in [-0.2, 0) is 6.18 Å². The Kier molecular flexibility index (Phi) is 5.60. The van der Waals surface area contributed by atoms with Gasteiger partial charge in [0, 0.05) is 12.1 Å². The number of rotatable bonds is 4. The summed E-state index contributed by atoms with van der Waals surface area (Å²) in [7, 11) is 0. The first-order valence-corrected chi connectivity index (χ1v) is 8.29. The van der Waals surface area contributed by atoms with Crippen molar-refractivity contribution in [2.24, 2.45) is 0 Å². The van der Waals surface area contributed by atoms with Crippen molar-refractivity contribution < 1.29 is 27.1 Å². The van der Waals surface area contributed by atoms with Gasteiger partial charge in [0.15, 0.2) is 11.4 Å². The smallest absolute Gasteiger partial charge is 0.434 e. The van der Waals surface area contributed by atoms with Crippen LogP contribution in [0.4, 0.5) is 28.9 Å². The van der Waals surface area contributed by atoms with Gasteiger partial charge in [-0.15, -0.1) is 0 Å². The number of halogens is 5. The Morgan fingerprint density at radius 1 is 1.23 bits per heavy atom. The zero-order valence-electron chi connectivity index (χ0n) is 14.6. The normalized spacial score (nSPS) is 11.2. The third kappa shape index (κ3) is 4.66. The summed E-state index contributed by atoms with van der Waals surface area (Å²) in [6.07, 6.45) is -3.86. The lowest BCUT2D eigenvalue weighted by Crippen LogP contribution is -2.18. The van der Waals surface area contributed by atoms with Gasteiger partial charge in [-0.1, -0.05) is 11.6 Å². The number of benzene rings is 1. The molecule has 0 aliphatic heterocycles. The number of nitrogens with two attached hydrogens (primary N) is 1. The van der Waals surface area contributed by atoms with E-state index in [-0.39, 0.29) is 17.1 Å². The van der Waals surface area contributed by atoms with E-state index >= 15 is 0 Å². The SMILES string of the molecule is Nc1cc(F)ccc1Oc1nc(C(F)(F)F)c(Cl)cc1C(=O)Nc1cn[nH]c(=O)c1. The molecule has 2 aromatic heterocycles. The number of alkyl halides is 3. The third-order valence-electron chi connectivity index (χ3n) is 3.56. The first kappa shape index (κ1) is 21.0. The number of aromatic amines is 1. The average Bonchev–Trinajstić information content (AvgIpc) is 2.64. The Hall–Kier alpha value is -3.67. The quantitative estimate of drug-likeness (QED) is 0.418. The number of nitrogens with zero attached hydrogens (tertiary/aromatic N) is 2. The second-order valence-corrected chi connectivity index (χ2v) is 6.15. The molecule has 0 saturated carbocycles. The molecule has 0 aliphatic carbocycles. The second kappa shape index (κ2) is 7.99. The lowest BCUT2D eigenvalue weighted by Gasteiger charge is -2.15. The molecule has 156 valence electrons. The van der Waals surface area contributed by atoms with Crippen LogP contribution in [0.3, 0.4) is 0 Å². The number of carbonyl (C=O) groups excluding carboxylic acids is 1. The highest BCUT2D eigenvalue weighted by Crippen LogP contribution is 2.38. The fourth-order valence-electron chi connectivity index (χ4n) is 2.27. The molecule has 4 N–H and O–H groups in total. The largest absolute Gasteiger partial charge is 0.436 e. The van der Waals surface area contributed by atoms with E-state index in [4.69, 9.17) is 22.1 Å². The van der Waals surface area contributed by atoms with Crippen LogP contribution >= 0.6 is 11.6 Å². The molecule has 3 aromatic rings. The van der Waals surface area contributed by atoms with E-state index in [9.17, 15) is 27.2 Å². The average molecular weight is 444 g/mol. The maximum absolute atomic E-state index is 13.2. The Labute approximate surface area is 169 Å². The molecule has 0 saturated heterocycles. The number of nitrogen functional groups attached to an aromatic ring is 1. The van der Waals surface area contributed by atoms with Crippen molar-refractivity contribution in [2.45, 2.75) is 6.18 Å². The summed E-state index contributed by atoms with van der Waals surface area (Å²) < 4.78 is 58.1. The molecule has 3 rings (SSSR count). The minimum Gasteiger partial charge on any atom is -0.436 e. The number of nitrogens with one attached hydrogen (secondary N) is 2. The van der Waals surface area contributed by atoms with Crippen molar-refractivity contribution >= 4 is 28.9 Å². The van der Waals surface area contributed by atoms with Crippen LogP contribution in [0.5, 0.6) is 11.6 Å². The summed E-state index contributed by atoms with van der Waals surface area (Å²) in [5.74, 6) is -2.74. The van der Waals surface area contributed by atoms with Gasteiger partial charge in [0.2, 0.25) is 5.88 Å². The predicted molar refractivity (Wildman–Crippen MR) is 97.9 cm³/mol. The van der Waals surface area contributed by atoms with Gasteiger partial charge in [0.1, 0.15) is 11.4 Å². The molecule has 1 amide bonds. The number of hydrogen-bond acceptors (Lipinski definition) is 6. The van der Waals surface area contributed by atoms with Crippen molar-refractivity contribution in [3.8, 4) is 11.6 Å². The Morgan fingerprint density at radius 2 is 1.97 bits per heavy atom. The van der Waals surface area contributed by atoms with E-state index < -0.39 is 45.6 Å². The molecule has 0 radical (unpaired) electrons. The monoisotopic (exact) mass is 443 g/mol. The number of amides is 1. The van der Waals surface area contributed by atoms with Crippen molar-refractivity contribution in [2.75, 3.05) is 11.1 Å². The van der Waals surface area contributed by atoms with Crippen LogP contribution in [0.15, 0.2) is 41.3 Å². The first-order chi connectivity index (χ1) is 14.0. The molecule has 0 spiro atoms. The van der Waals surface area contributed by atoms with Crippen molar-refractivity contribution in [3.63, 3.8) is 0 Å². The van der Waals surface area contributed by atoms with Crippen LogP contribution in [0, 0.1) is 5.82 Å². The van der Waals surface area contributed by atoms with E-state index in [0.717, 1.165) is 30.5 Å². The summed E-state index contributed by atoms with van der Waals surface area (Å²) in [4.78, 5) is 27.2. The summed E-state index contributed by atoms with van der Waals surface area (Å²) >= 11 is 5.65. The minimum absolute atomic E-state index is 0.0491. The van der Waals surface area contributed by atoms with E-state index in [1.165, 1.54) is 0 Å². The van der Waals surface area contributed by atoms with Crippen LogP contribution < -0.4 is 21.3 Å². The van der Waals surface area contributed by atoms with Crippen LogP contribution in [0.25, 0.3) is 0 Å². The van der Waals surface area contributed by atoms with E-state index in [0.29, 0.717) is 6.07 Å². The van der Waals surface area contributed by atoms with Crippen molar-refractivity contribution in [1.29, 1.82) is 0 Å². The van der Waals surface area contributed by atoms with Gasteiger partial charge in [0.05, 0.1) is 22.6 Å². The number of aromatic nitrogens is 3. The van der Waals surface area contributed by atoms with Gasteiger partial charge in [-0.25, -0.2) is 14.5 Å².